The average molecular weight is 424 g/mol. The van der Waals surface area contributed by atoms with Gasteiger partial charge in [0.25, 0.3) is 0 Å². The number of hydrogen-bond acceptors (Lipinski definition) is 5. The Hall–Kier alpha value is -1.30. The molecule has 156 valence electrons. The fraction of sp³-hybridized carbons (Fsp3) is 0.591. The quantitative estimate of drug-likeness (QED) is 0.475. The van der Waals surface area contributed by atoms with E-state index in [9.17, 15) is 0 Å². The molecular formula is C22H34ClN3OS. The zero-order chi connectivity index (χ0) is 18.9. The molecule has 1 saturated heterocycles. The van der Waals surface area contributed by atoms with Crippen molar-refractivity contribution in [3.05, 3.63) is 41.4 Å². The maximum atomic E-state index is 5.86. The van der Waals surface area contributed by atoms with Crippen LogP contribution in [-0.2, 0) is 0 Å². The number of nitrogens with zero attached hydrogens (tertiary/aromatic N) is 3. The number of anilines is 1. The van der Waals surface area contributed by atoms with E-state index in [1.165, 1.54) is 36.5 Å². The smallest absolute Gasteiger partial charge is 0.185 e. The Balaban J connectivity index is 0.00000280. The summed E-state index contributed by atoms with van der Waals surface area (Å²) in [7, 11) is 0. The number of benzene rings is 1. The number of unbranched alkanes of at least 4 members (excludes halogenated alkanes) is 3. The molecule has 3 rings (SSSR count). The van der Waals surface area contributed by atoms with E-state index in [0.717, 1.165) is 45.0 Å². The Bertz CT molecular complexity index is 640. The number of thiazole rings is 1. The third-order valence-electron chi connectivity index (χ3n) is 5.25. The van der Waals surface area contributed by atoms with Crippen LogP contribution in [0.5, 0.6) is 5.75 Å². The van der Waals surface area contributed by atoms with E-state index in [2.05, 4.69) is 58.3 Å². The van der Waals surface area contributed by atoms with Gasteiger partial charge in [-0.1, -0.05) is 38.8 Å². The van der Waals surface area contributed by atoms with Gasteiger partial charge in [0, 0.05) is 37.8 Å². The molecular weight excluding hydrogens is 390 g/mol. The van der Waals surface area contributed by atoms with E-state index in [4.69, 9.17) is 4.74 Å². The highest BCUT2D eigenvalue weighted by atomic mass is 35.5. The van der Waals surface area contributed by atoms with Crippen molar-refractivity contribution in [1.29, 1.82) is 0 Å². The largest absolute Gasteiger partial charge is 0.494 e. The van der Waals surface area contributed by atoms with Gasteiger partial charge in [-0.2, -0.15) is 0 Å². The van der Waals surface area contributed by atoms with Crippen LogP contribution in [0.25, 0.3) is 0 Å². The van der Waals surface area contributed by atoms with Crippen molar-refractivity contribution < 1.29 is 4.74 Å². The van der Waals surface area contributed by atoms with Crippen molar-refractivity contribution in [3.63, 3.8) is 0 Å². The second kappa shape index (κ2) is 12.3. The summed E-state index contributed by atoms with van der Waals surface area (Å²) in [5.41, 5.74) is 1.37. The fourth-order valence-corrected chi connectivity index (χ4v) is 4.16. The average Bonchev–Trinajstić information content (AvgIpc) is 3.23. The second-order valence-corrected chi connectivity index (χ2v) is 8.50. The first kappa shape index (κ1) is 23.0. The Morgan fingerprint density at radius 1 is 1.00 bits per heavy atom. The van der Waals surface area contributed by atoms with Gasteiger partial charge in [0.2, 0.25) is 0 Å². The molecule has 0 spiro atoms. The van der Waals surface area contributed by atoms with Crippen molar-refractivity contribution in [2.24, 2.45) is 0 Å². The lowest BCUT2D eigenvalue weighted by atomic mass is 10.0. The molecule has 0 N–H and O–H groups in total. The molecule has 0 bridgehead atoms. The topological polar surface area (TPSA) is 28.6 Å². The van der Waals surface area contributed by atoms with E-state index in [1.54, 1.807) is 11.3 Å². The van der Waals surface area contributed by atoms with E-state index in [0.29, 0.717) is 5.92 Å². The molecule has 1 aliphatic heterocycles. The van der Waals surface area contributed by atoms with Crippen LogP contribution in [0, 0.1) is 0 Å². The Labute approximate surface area is 180 Å². The molecule has 1 aliphatic rings. The second-order valence-electron chi connectivity index (χ2n) is 7.63. The van der Waals surface area contributed by atoms with Gasteiger partial charge in [0.1, 0.15) is 5.75 Å². The zero-order valence-electron chi connectivity index (χ0n) is 17.2. The molecule has 1 aromatic carbocycles. The van der Waals surface area contributed by atoms with Crippen LogP contribution in [0.1, 0.15) is 51.0 Å². The van der Waals surface area contributed by atoms with Gasteiger partial charge in [-0.3, -0.25) is 4.90 Å². The number of aromatic nitrogens is 1. The van der Waals surface area contributed by atoms with Crippen LogP contribution in [-0.4, -0.2) is 49.2 Å². The van der Waals surface area contributed by atoms with Gasteiger partial charge >= 0.3 is 0 Å². The molecule has 6 heteroatoms. The van der Waals surface area contributed by atoms with Crippen molar-refractivity contribution >= 4 is 28.9 Å². The lowest BCUT2D eigenvalue weighted by molar-refractivity contribution is 0.249. The summed E-state index contributed by atoms with van der Waals surface area (Å²) in [5, 5.41) is 3.24. The van der Waals surface area contributed by atoms with Gasteiger partial charge in [0.15, 0.2) is 5.13 Å². The molecule has 4 nitrogen and oxygen atoms in total. The number of hydrogen-bond donors (Lipinski definition) is 0. The molecule has 28 heavy (non-hydrogen) atoms. The molecule has 0 unspecified atom stereocenters. The summed E-state index contributed by atoms with van der Waals surface area (Å²) in [4.78, 5) is 9.42. The van der Waals surface area contributed by atoms with Gasteiger partial charge in [-0.15, -0.1) is 23.7 Å². The highest BCUT2D eigenvalue weighted by Gasteiger charge is 2.17. The number of ether oxygens (including phenoxy) is 1. The Morgan fingerprint density at radius 2 is 1.71 bits per heavy atom. The summed E-state index contributed by atoms with van der Waals surface area (Å²) in [5.74, 6) is 1.58. The van der Waals surface area contributed by atoms with Crippen molar-refractivity contribution in [2.75, 3.05) is 44.2 Å². The van der Waals surface area contributed by atoms with Gasteiger partial charge in [-0.25, -0.2) is 4.98 Å². The van der Waals surface area contributed by atoms with E-state index in [1.807, 2.05) is 6.20 Å². The molecule has 1 fully saturated rings. The first-order valence-electron chi connectivity index (χ1n) is 10.3. The van der Waals surface area contributed by atoms with Crippen LogP contribution in [0.4, 0.5) is 5.13 Å². The molecule has 0 radical (unpaired) electrons. The van der Waals surface area contributed by atoms with Crippen LogP contribution in [0.15, 0.2) is 35.8 Å². The minimum absolute atomic E-state index is 0. The molecule has 0 atom stereocenters. The first-order chi connectivity index (χ1) is 13.2. The predicted molar refractivity (Wildman–Crippen MR) is 123 cm³/mol. The highest BCUT2D eigenvalue weighted by Crippen LogP contribution is 2.20. The summed E-state index contributed by atoms with van der Waals surface area (Å²) >= 11 is 1.74. The Morgan fingerprint density at radius 3 is 2.36 bits per heavy atom. The summed E-state index contributed by atoms with van der Waals surface area (Å²) in [6, 6.07) is 8.55. The monoisotopic (exact) mass is 423 g/mol. The van der Waals surface area contributed by atoms with Crippen molar-refractivity contribution in [3.8, 4) is 5.75 Å². The molecule has 1 aromatic heterocycles. The third-order valence-corrected chi connectivity index (χ3v) is 6.08. The first-order valence-corrected chi connectivity index (χ1v) is 11.2. The summed E-state index contributed by atoms with van der Waals surface area (Å²) in [6.07, 6.45) is 6.88. The predicted octanol–water partition coefficient (Wildman–Crippen LogP) is 5.45. The molecule has 0 amide bonds. The normalized spacial score (nSPS) is 14.9. The van der Waals surface area contributed by atoms with Crippen molar-refractivity contribution in [1.82, 2.24) is 9.88 Å². The van der Waals surface area contributed by atoms with Crippen LogP contribution >= 0.6 is 23.7 Å². The molecule has 2 aromatic rings. The van der Waals surface area contributed by atoms with Gasteiger partial charge in [0.05, 0.1) is 6.61 Å². The number of piperazine rings is 1. The zero-order valence-corrected chi connectivity index (χ0v) is 18.8. The lowest BCUT2D eigenvalue weighted by Gasteiger charge is -2.34. The molecule has 0 aliphatic carbocycles. The van der Waals surface area contributed by atoms with Gasteiger partial charge < -0.3 is 9.64 Å². The lowest BCUT2D eigenvalue weighted by Crippen LogP contribution is -2.46. The van der Waals surface area contributed by atoms with Crippen LogP contribution in [0.3, 0.4) is 0 Å². The van der Waals surface area contributed by atoms with E-state index < -0.39 is 0 Å². The minimum atomic E-state index is 0. The number of rotatable bonds is 10. The maximum absolute atomic E-state index is 5.86. The summed E-state index contributed by atoms with van der Waals surface area (Å²) < 4.78 is 5.86. The van der Waals surface area contributed by atoms with Crippen LogP contribution < -0.4 is 9.64 Å². The number of halogens is 1. The third kappa shape index (κ3) is 7.26. The SMILES string of the molecule is CC(C)c1ccc(OCCCCCCN2CCN(c3nccs3)CC2)cc1.Cl. The molecule has 0 saturated carbocycles. The van der Waals surface area contributed by atoms with Crippen molar-refractivity contribution in [2.45, 2.75) is 45.4 Å². The summed E-state index contributed by atoms with van der Waals surface area (Å²) in [6.45, 7) is 11.0. The van der Waals surface area contributed by atoms with E-state index >= 15 is 0 Å². The Kier molecular flexibility index (Phi) is 10.1. The standard InChI is InChI=1S/C22H33N3OS.ClH/c1-19(2)20-7-9-21(10-8-20)26-17-6-4-3-5-12-24-13-15-25(16-14-24)22-23-11-18-27-22;/h7-11,18-19H,3-6,12-17H2,1-2H3;1H. The highest BCUT2D eigenvalue weighted by molar-refractivity contribution is 7.13. The van der Waals surface area contributed by atoms with E-state index in [-0.39, 0.29) is 12.4 Å². The molecule has 2 heterocycles. The van der Waals surface area contributed by atoms with Gasteiger partial charge in [-0.05, 0) is 43.0 Å². The maximum Gasteiger partial charge on any atom is 0.185 e. The minimum Gasteiger partial charge on any atom is -0.494 e. The fourth-order valence-electron chi connectivity index (χ4n) is 3.46. The van der Waals surface area contributed by atoms with Crippen LogP contribution in [0.2, 0.25) is 0 Å².